The first-order valence-corrected chi connectivity index (χ1v) is 6.27. The molecular weight excluding hydrogens is 230 g/mol. The van der Waals surface area contributed by atoms with Crippen molar-refractivity contribution in [2.24, 2.45) is 0 Å². The van der Waals surface area contributed by atoms with E-state index in [1.807, 2.05) is 0 Å². The van der Waals surface area contributed by atoms with Gasteiger partial charge in [0, 0.05) is 43.6 Å². The number of ether oxygens (including phenoxy) is 1. The van der Waals surface area contributed by atoms with Gasteiger partial charge in [-0.15, -0.1) is 0 Å². The number of nitrogens with one attached hydrogen (secondary N) is 1. The number of amides is 1. The summed E-state index contributed by atoms with van der Waals surface area (Å²) in [4.78, 5) is 18.1. The van der Waals surface area contributed by atoms with Crippen LogP contribution in [0.2, 0.25) is 0 Å². The molecule has 2 rings (SSSR count). The van der Waals surface area contributed by atoms with E-state index in [4.69, 9.17) is 4.74 Å². The molecule has 5 heteroatoms. The quantitative estimate of drug-likeness (QED) is 0.846. The Morgan fingerprint density at radius 1 is 1.44 bits per heavy atom. The Balaban J connectivity index is 1.78. The predicted molar refractivity (Wildman–Crippen MR) is 68.4 cm³/mol. The molecule has 1 atom stereocenters. The van der Waals surface area contributed by atoms with Crippen LogP contribution in [0.3, 0.4) is 0 Å². The van der Waals surface area contributed by atoms with Gasteiger partial charge in [0.2, 0.25) is 0 Å². The van der Waals surface area contributed by atoms with Gasteiger partial charge in [0.1, 0.15) is 0 Å². The summed E-state index contributed by atoms with van der Waals surface area (Å²) in [5.74, 6) is -0.0440. The summed E-state index contributed by atoms with van der Waals surface area (Å²) in [5.41, 5.74) is 0.652. The zero-order valence-electron chi connectivity index (χ0n) is 10.6. The van der Waals surface area contributed by atoms with Crippen molar-refractivity contribution in [3.63, 3.8) is 0 Å². The molecule has 1 fully saturated rings. The molecule has 0 spiro atoms. The fraction of sp³-hybridized carbons (Fsp3) is 0.538. The smallest absolute Gasteiger partial charge is 0.251 e. The molecule has 1 N–H and O–H groups in total. The molecule has 1 aromatic heterocycles. The summed E-state index contributed by atoms with van der Waals surface area (Å²) in [7, 11) is 0. The lowest BCUT2D eigenvalue weighted by Gasteiger charge is -2.32. The Morgan fingerprint density at radius 2 is 2.11 bits per heavy atom. The fourth-order valence-electron chi connectivity index (χ4n) is 1.99. The topological polar surface area (TPSA) is 54.5 Å². The molecule has 0 radical (unpaired) electrons. The van der Waals surface area contributed by atoms with Gasteiger partial charge < -0.3 is 10.1 Å². The van der Waals surface area contributed by atoms with Gasteiger partial charge in [-0.2, -0.15) is 0 Å². The summed E-state index contributed by atoms with van der Waals surface area (Å²) in [5, 5.41) is 2.95. The molecule has 0 aliphatic carbocycles. The maximum absolute atomic E-state index is 11.8. The third kappa shape index (κ3) is 3.51. The molecule has 1 amide bonds. The van der Waals surface area contributed by atoms with Crippen molar-refractivity contribution in [1.29, 1.82) is 0 Å². The Hall–Kier alpha value is -1.46. The number of pyridine rings is 1. The van der Waals surface area contributed by atoms with Crippen molar-refractivity contribution in [3.05, 3.63) is 30.1 Å². The second-order valence-corrected chi connectivity index (χ2v) is 4.44. The molecular formula is C13H19N3O2. The van der Waals surface area contributed by atoms with E-state index in [1.54, 1.807) is 24.5 Å². The molecule has 1 saturated heterocycles. The molecule has 0 aromatic carbocycles. The first kappa shape index (κ1) is 13.0. The highest BCUT2D eigenvalue weighted by molar-refractivity contribution is 5.93. The summed E-state index contributed by atoms with van der Waals surface area (Å²) < 4.78 is 5.31. The summed E-state index contributed by atoms with van der Waals surface area (Å²) in [6.45, 7) is 6.21. The highest BCUT2D eigenvalue weighted by Crippen LogP contribution is 2.03. The maximum Gasteiger partial charge on any atom is 0.251 e. The van der Waals surface area contributed by atoms with Gasteiger partial charge in [-0.1, -0.05) is 0 Å². The average Bonchev–Trinajstić information content (AvgIpc) is 2.46. The molecule has 1 aliphatic rings. The number of hydrogen-bond donors (Lipinski definition) is 1. The van der Waals surface area contributed by atoms with Crippen LogP contribution in [0.1, 0.15) is 17.3 Å². The highest BCUT2D eigenvalue weighted by Gasteiger charge is 2.17. The van der Waals surface area contributed by atoms with Crippen LogP contribution >= 0.6 is 0 Å². The van der Waals surface area contributed by atoms with Crippen molar-refractivity contribution in [2.75, 3.05) is 32.8 Å². The van der Waals surface area contributed by atoms with Gasteiger partial charge in [-0.25, -0.2) is 0 Å². The minimum absolute atomic E-state index is 0.0440. The second-order valence-electron chi connectivity index (χ2n) is 4.44. The minimum Gasteiger partial charge on any atom is -0.379 e. The molecule has 98 valence electrons. The van der Waals surface area contributed by atoms with Gasteiger partial charge in [0.15, 0.2) is 0 Å². The number of carbonyl (C=O) groups excluding carboxylic acids is 1. The molecule has 0 bridgehead atoms. The normalized spacial score (nSPS) is 18.3. The Labute approximate surface area is 107 Å². The first-order valence-electron chi connectivity index (χ1n) is 6.27. The monoisotopic (exact) mass is 249 g/mol. The third-order valence-corrected chi connectivity index (χ3v) is 3.17. The van der Waals surface area contributed by atoms with Crippen LogP contribution in [0.5, 0.6) is 0 Å². The molecule has 5 nitrogen and oxygen atoms in total. The third-order valence-electron chi connectivity index (χ3n) is 3.17. The van der Waals surface area contributed by atoms with Crippen LogP contribution in [-0.4, -0.2) is 54.7 Å². The van der Waals surface area contributed by atoms with Crippen LogP contribution in [0.4, 0.5) is 0 Å². The minimum atomic E-state index is -0.0440. The van der Waals surface area contributed by atoms with Crippen molar-refractivity contribution >= 4 is 5.91 Å². The van der Waals surface area contributed by atoms with Gasteiger partial charge in [0.25, 0.3) is 5.91 Å². The van der Waals surface area contributed by atoms with Crippen LogP contribution in [0.15, 0.2) is 24.5 Å². The van der Waals surface area contributed by atoms with Crippen molar-refractivity contribution in [3.8, 4) is 0 Å². The summed E-state index contributed by atoms with van der Waals surface area (Å²) in [6.07, 6.45) is 3.25. The zero-order chi connectivity index (χ0) is 12.8. The van der Waals surface area contributed by atoms with E-state index in [2.05, 4.69) is 22.1 Å². The van der Waals surface area contributed by atoms with Crippen LogP contribution in [0.25, 0.3) is 0 Å². The van der Waals surface area contributed by atoms with Gasteiger partial charge in [-0.3, -0.25) is 14.7 Å². The second kappa shape index (κ2) is 6.47. The van der Waals surface area contributed by atoms with Gasteiger partial charge >= 0.3 is 0 Å². The van der Waals surface area contributed by atoms with E-state index >= 15 is 0 Å². The van der Waals surface area contributed by atoms with Crippen LogP contribution < -0.4 is 5.32 Å². The van der Waals surface area contributed by atoms with Crippen molar-refractivity contribution in [2.45, 2.75) is 13.0 Å². The maximum atomic E-state index is 11.8. The number of aromatic nitrogens is 1. The van der Waals surface area contributed by atoms with E-state index in [0.717, 1.165) is 26.3 Å². The van der Waals surface area contributed by atoms with E-state index < -0.39 is 0 Å². The SMILES string of the molecule is CC(CNC(=O)c1ccncc1)N1CCOCC1. The van der Waals surface area contributed by atoms with Crippen molar-refractivity contribution in [1.82, 2.24) is 15.2 Å². The molecule has 1 aliphatic heterocycles. The molecule has 1 aromatic rings. The molecule has 1 unspecified atom stereocenters. The van der Waals surface area contributed by atoms with Crippen LogP contribution in [0, 0.1) is 0 Å². The number of rotatable bonds is 4. The lowest BCUT2D eigenvalue weighted by Crippen LogP contribution is -2.47. The molecule has 0 saturated carbocycles. The number of nitrogens with zero attached hydrogens (tertiary/aromatic N) is 2. The predicted octanol–water partition coefficient (Wildman–Crippen LogP) is 0.532. The van der Waals surface area contributed by atoms with Crippen molar-refractivity contribution < 1.29 is 9.53 Å². The zero-order valence-corrected chi connectivity index (χ0v) is 10.6. The largest absolute Gasteiger partial charge is 0.379 e. The fourth-order valence-corrected chi connectivity index (χ4v) is 1.99. The van der Waals surface area contributed by atoms with E-state index in [0.29, 0.717) is 18.2 Å². The van der Waals surface area contributed by atoms with Gasteiger partial charge in [-0.05, 0) is 19.1 Å². The van der Waals surface area contributed by atoms with E-state index in [9.17, 15) is 4.79 Å². The van der Waals surface area contributed by atoms with Gasteiger partial charge in [0.05, 0.1) is 13.2 Å². The molecule has 2 heterocycles. The average molecular weight is 249 g/mol. The summed E-state index contributed by atoms with van der Waals surface area (Å²) >= 11 is 0. The van der Waals surface area contributed by atoms with Crippen LogP contribution in [-0.2, 0) is 4.74 Å². The Morgan fingerprint density at radius 3 is 2.78 bits per heavy atom. The Kier molecular flexibility index (Phi) is 4.66. The first-order chi connectivity index (χ1) is 8.77. The lowest BCUT2D eigenvalue weighted by molar-refractivity contribution is 0.0204. The lowest BCUT2D eigenvalue weighted by atomic mass is 10.2. The number of morpholine rings is 1. The van der Waals surface area contributed by atoms with E-state index in [-0.39, 0.29) is 5.91 Å². The summed E-state index contributed by atoms with van der Waals surface area (Å²) in [6, 6.07) is 3.77. The standard InChI is InChI=1S/C13H19N3O2/c1-11(16-6-8-18-9-7-16)10-15-13(17)12-2-4-14-5-3-12/h2-5,11H,6-10H2,1H3,(H,15,17). The molecule has 18 heavy (non-hydrogen) atoms. The number of hydrogen-bond acceptors (Lipinski definition) is 4. The van der Waals surface area contributed by atoms with E-state index in [1.165, 1.54) is 0 Å². The number of carbonyl (C=O) groups is 1. The highest BCUT2D eigenvalue weighted by atomic mass is 16.5. The Bertz CT molecular complexity index is 377.